The summed E-state index contributed by atoms with van der Waals surface area (Å²) in [5.41, 5.74) is 0.455. The Bertz CT molecular complexity index is 1110. The van der Waals surface area contributed by atoms with Crippen LogP contribution in [-0.4, -0.2) is 43.2 Å². The number of nitrogens with one attached hydrogen (secondary N) is 2. The van der Waals surface area contributed by atoms with Gasteiger partial charge in [0.1, 0.15) is 5.82 Å². The minimum absolute atomic E-state index is 0.106. The fourth-order valence-electron chi connectivity index (χ4n) is 3.60. The molecule has 0 radical (unpaired) electrons. The van der Waals surface area contributed by atoms with Gasteiger partial charge >= 0.3 is 0 Å². The van der Waals surface area contributed by atoms with Gasteiger partial charge in [0.05, 0.1) is 4.90 Å². The first-order valence-corrected chi connectivity index (χ1v) is 12.1. The number of rotatable bonds is 8. The molecule has 31 heavy (non-hydrogen) atoms. The molecule has 1 aromatic carbocycles. The largest absolute Gasteiger partial charge is 0.354 e. The maximum Gasteiger partial charge on any atom is 0.266 e. The van der Waals surface area contributed by atoms with Crippen LogP contribution in [-0.2, 0) is 21.4 Å². The van der Waals surface area contributed by atoms with Crippen LogP contribution in [0, 0.1) is 5.92 Å². The van der Waals surface area contributed by atoms with E-state index < -0.39 is 10.0 Å². The van der Waals surface area contributed by atoms with Crippen molar-refractivity contribution in [3.63, 3.8) is 0 Å². The first-order chi connectivity index (χ1) is 14.8. The molecule has 166 valence electrons. The molecule has 9 nitrogen and oxygen atoms in total. The second-order valence-corrected chi connectivity index (χ2v) is 9.85. The van der Waals surface area contributed by atoms with Crippen molar-refractivity contribution in [2.24, 2.45) is 5.92 Å². The minimum atomic E-state index is -3.69. The highest BCUT2D eigenvalue weighted by Gasteiger charge is 2.29. The summed E-state index contributed by atoms with van der Waals surface area (Å²) >= 11 is 0. The molecule has 2 aromatic rings. The molecule has 4 rings (SSSR count). The highest BCUT2D eigenvalue weighted by Crippen LogP contribution is 2.30. The van der Waals surface area contributed by atoms with Crippen LogP contribution in [0.4, 0.5) is 11.5 Å². The van der Waals surface area contributed by atoms with Crippen LogP contribution in [0.25, 0.3) is 0 Å². The molecule has 0 spiro atoms. The van der Waals surface area contributed by atoms with Gasteiger partial charge in [-0.1, -0.05) is 6.92 Å². The molecule has 1 aromatic heterocycles. The first-order valence-electron chi connectivity index (χ1n) is 10.6. The van der Waals surface area contributed by atoms with Gasteiger partial charge in [0.15, 0.2) is 0 Å². The molecule has 1 aliphatic carbocycles. The van der Waals surface area contributed by atoms with Crippen molar-refractivity contribution < 1.29 is 13.2 Å². The Labute approximate surface area is 181 Å². The second kappa shape index (κ2) is 8.80. The molecular weight excluding hydrogens is 418 g/mol. The highest BCUT2D eigenvalue weighted by atomic mass is 32.2. The monoisotopic (exact) mass is 445 g/mol. The smallest absolute Gasteiger partial charge is 0.266 e. The Hall–Kier alpha value is -2.72. The molecule has 2 fully saturated rings. The summed E-state index contributed by atoms with van der Waals surface area (Å²) in [5, 5.41) is 7.18. The summed E-state index contributed by atoms with van der Waals surface area (Å²) < 4.78 is 29.8. The number of hydrogen-bond acceptors (Lipinski definition) is 6. The standard InChI is InChI=1S/C21H27N5O4S/c1-2-20(27)22-16-5-7-18(8-6-16)31(29,30)24-17-11-12-25(14-17)19-9-10-21(28)26(23-19)13-15-3-4-15/h5-10,15,17,24H,2-4,11-14H2,1H3,(H,22,27). The van der Waals surface area contributed by atoms with Crippen LogP contribution < -0.4 is 20.5 Å². The van der Waals surface area contributed by atoms with E-state index in [0.29, 0.717) is 49.9 Å². The molecular formula is C21H27N5O4S. The number of carbonyl (C=O) groups excluding carboxylic acids is 1. The third kappa shape index (κ3) is 5.31. The second-order valence-electron chi connectivity index (χ2n) is 8.13. The number of aromatic nitrogens is 2. The van der Waals surface area contributed by atoms with Gasteiger partial charge in [0.2, 0.25) is 15.9 Å². The summed E-state index contributed by atoms with van der Waals surface area (Å²) in [5.74, 6) is 1.11. The molecule has 2 heterocycles. The lowest BCUT2D eigenvalue weighted by atomic mass is 10.3. The first kappa shape index (κ1) is 21.5. The summed E-state index contributed by atoms with van der Waals surface area (Å²) in [6.07, 6.45) is 3.27. The number of hydrogen-bond donors (Lipinski definition) is 2. The van der Waals surface area contributed by atoms with Crippen molar-refractivity contribution in [2.75, 3.05) is 23.3 Å². The number of anilines is 2. The van der Waals surface area contributed by atoms with Gasteiger partial charge in [0.25, 0.3) is 5.56 Å². The van der Waals surface area contributed by atoms with Gasteiger partial charge in [-0.3, -0.25) is 9.59 Å². The van der Waals surface area contributed by atoms with Crippen LogP contribution in [0.5, 0.6) is 0 Å². The van der Waals surface area contributed by atoms with E-state index >= 15 is 0 Å². The molecule has 1 atom stereocenters. The number of carbonyl (C=O) groups is 1. The Balaban J connectivity index is 1.39. The Morgan fingerprint density at radius 3 is 2.55 bits per heavy atom. The zero-order chi connectivity index (χ0) is 22.0. The zero-order valence-electron chi connectivity index (χ0n) is 17.5. The Morgan fingerprint density at radius 1 is 1.13 bits per heavy atom. The van der Waals surface area contributed by atoms with E-state index in [4.69, 9.17) is 0 Å². The maximum absolute atomic E-state index is 12.8. The predicted octanol–water partition coefficient (Wildman–Crippen LogP) is 1.56. The summed E-state index contributed by atoms with van der Waals surface area (Å²) in [6, 6.07) is 9.10. The zero-order valence-corrected chi connectivity index (χ0v) is 18.3. The SMILES string of the molecule is CCC(=O)Nc1ccc(S(=O)(=O)NC2CCN(c3ccc(=O)n(CC4CC4)n3)C2)cc1. The van der Waals surface area contributed by atoms with Gasteiger partial charge in [-0.25, -0.2) is 17.8 Å². The van der Waals surface area contributed by atoms with E-state index in [2.05, 4.69) is 15.1 Å². The average Bonchev–Trinajstić information content (AvgIpc) is 3.45. The van der Waals surface area contributed by atoms with E-state index in [9.17, 15) is 18.0 Å². The van der Waals surface area contributed by atoms with Gasteiger partial charge < -0.3 is 10.2 Å². The van der Waals surface area contributed by atoms with Crippen LogP contribution in [0.1, 0.15) is 32.6 Å². The lowest BCUT2D eigenvalue weighted by Crippen LogP contribution is -2.37. The number of benzene rings is 1. The van der Waals surface area contributed by atoms with Crippen molar-refractivity contribution in [2.45, 2.75) is 50.1 Å². The van der Waals surface area contributed by atoms with Crippen LogP contribution in [0.2, 0.25) is 0 Å². The van der Waals surface area contributed by atoms with E-state index in [0.717, 1.165) is 12.8 Å². The number of nitrogens with zero attached hydrogens (tertiary/aromatic N) is 3. The summed E-state index contributed by atoms with van der Waals surface area (Å²) in [7, 11) is -3.69. The van der Waals surface area contributed by atoms with Gasteiger partial charge in [-0.05, 0) is 55.5 Å². The van der Waals surface area contributed by atoms with Gasteiger partial charge in [-0.2, -0.15) is 5.10 Å². The molecule has 1 saturated carbocycles. The topological polar surface area (TPSA) is 113 Å². The fraction of sp³-hybridized carbons (Fsp3) is 0.476. The maximum atomic E-state index is 12.8. The third-order valence-corrected chi connectivity index (χ3v) is 7.12. The Morgan fingerprint density at radius 2 is 1.87 bits per heavy atom. The molecule has 1 unspecified atom stereocenters. The molecule has 0 bridgehead atoms. The van der Waals surface area contributed by atoms with Crippen molar-refractivity contribution in [3.05, 3.63) is 46.8 Å². The van der Waals surface area contributed by atoms with Crippen LogP contribution >= 0.6 is 0 Å². The molecule has 1 aliphatic heterocycles. The third-order valence-electron chi connectivity index (χ3n) is 5.58. The minimum Gasteiger partial charge on any atom is -0.354 e. The molecule has 10 heteroatoms. The Kier molecular flexibility index (Phi) is 6.10. The van der Waals surface area contributed by atoms with Gasteiger partial charge in [0, 0.05) is 43.9 Å². The highest BCUT2D eigenvalue weighted by molar-refractivity contribution is 7.89. The van der Waals surface area contributed by atoms with Crippen molar-refractivity contribution in [3.8, 4) is 0 Å². The summed E-state index contributed by atoms with van der Waals surface area (Å²) in [4.78, 5) is 25.6. The number of amides is 1. The quantitative estimate of drug-likeness (QED) is 0.638. The van der Waals surface area contributed by atoms with E-state index in [-0.39, 0.29) is 22.4 Å². The fourth-order valence-corrected chi connectivity index (χ4v) is 4.86. The molecule has 2 N–H and O–H groups in total. The molecule has 2 aliphatic rings. The van der Waals surface area contributed by atoms with Crippen molar-refractivity contribution in [1.29, 1.82) is 0 Å². The molecule has 1 amide bonds. The lowest BCUT2D eigenvalue weighted by Gasteiger charge is -2.19. The predicted molar refractivity (Wildman–Crippen MR) is 118 cm³/mol. The van der Waals surface area contributed by atoms with E-state index in [1.165, 1.54) is 22.9 Å². The van der Waals surface area contributed by atoms with Crippen LogP contribution in [0.3, 0.4) is 0 Å². The normalized spacial score (nSPS) is 18.9. The lowest BCUT2D eigenvalue weighted by molar-refractivity contribution is -0.115. The average molecular weight is 446 g/mol. The van der Waals surface area contributed by atoms with E-state index in [1.54, 1.807) is 25.1 Å². The van der Waals surface area contributed by atoms with Crippen molar-refractivity contribution in [1.82, 2.24) is 14.5 Å². The van der Waals surface area contributed by atoms with Crippen LogP contribution in [0.15, 0.2) is 46.1 Å². The van der Waals surface area contributed by atoms with Gasteiger partial charge in [-0.15, -0.1) is 0 Å². The molecule has 1 saturated heterocycles. The number of sulfonamides is 1. The van der Waals surface area contributed by atoms with Crippen molar-refractivity contribution >= 4 is 27.4 Å². The van der Waals surface area contributed by atoms with E-state index in [1.807, 2.05) is 4.90 Å². The summed E-state index contributed by atoms with van der Waals surface area (Å²) in [6.45, 7) is 3.54.